The third-order valence-corrected chi connectivity index (χ3v) is 15.1. The van der Waals surface area contributed by atoms with E-state index >= 15 is 0 Å². The molecule has 0 saturated carbocycles. The summed E-state index contributed by atoms with van der Waals surface area (Å²) in [5.74, 6) is -1.48. The van der Waals surface area contributed by atoms with Crippen molar-refractivity contribution >= 4 is 22.3 Å². The van der Waals surface area contributed by atoms with Crippen molar-refractivity contribution in [1.29, 1.82) is 0 Å². The first-order valence-electron chi connectivity index (χ1n) is 28.8. The van der Waals surface area contributed by atoms with Crippen LogP contribution in [0.2, 0.25) is 0 Å². The smallest absolute Gasteiger partial charge is 0.397 e. The minimum absolute atomic E-state index is 0.0430. The Hall–Kier alpha value is -1.51. The summed E-state index contributed by atoms with van der Waals surface area (Å²) >= 11 is 0. The summed E-state index contributed by atoms with van der Waals surface area (Å²) < 4.78 is 66.9. The van der Waals surface area contributed by atoms with Gasteiger partial charge in [-0.15, -0.1) is 0 Å². The predicted octanol–water partition coefficient (Wildman–Crippen LogP) is 10.4. The maximum atomic E-state index is 13.9. The number of aliphatic hydroxyl groups excluding tert-OH is 5. The highest BCUT2D eigenvalue weighted by molar-refractivity contribution is 7.80. The first-order chi connectivity index (χ1) is 34.6. The molecule has 0 amide bonds. The van der Waals surface area contributed by atoms with Gasteiger partial charge in [0, 0.05) is 6.42 Å². The quantitative estimate of drug-likeness (QED) is 0.0189. The molecule has 2 saturated heterocycles. The number of ether oxygens (including phenoxy) is 5. The first kappa shape index (κ1) is 66.6. The second-order valence-corrected chi connectivity index (χ2v) is 22.6. The van der Waals surface area contributed by atoms with E-state index in [0.717, 1.165) is 44.9 Å². The van der Waals surface area contributed by atoms with Crippen LogP contribution in [0.1, 0.15) is 247 Å². The van der Waals surface area contributed by atoms with Gasteiger partial charge in [0.25, 0.3) is 0 Å². The Kier molecular flexibility index (Phi) is 36.8. The molecule has 17 heteroatoms. The van der Waals surface area contributed by atoms with Gasteiger partial charge in [0.2, 0.25) is 6.29 Å². The van der Waals surface area contributed by atoms with Crippen LogP contribution in [0.25, 0.3) is 0 Å². The molecule has 0 aliphatic carbocycles. The van der Waals surface area contributed by atoms with Crippen molar-refractivity contribution in [3.05, 3.63) is 0 Å². The van der Waals surface area contributed by atoms with Crippen LogP contribution in [0.4, 0.5) is 0 Å². The molecular weight excluding hydrogens is 949 g/mol. The monoisotopic (exact) mass is 1050 g/mol. The van der Waals surface area contributed by atoms with Crippen LogP contribution in [0.3, 0.4) is 0 Å². The summed E-state index contributed by atoms with van der Waals surface area (Å²) in [5.41, 5.74) is 0. The van der Waals surface area contributed by atoms with Gasteiger partial charge in [-0.1, -0.05) is 221 Å². The Morgan fingerprint density at radius 3 is 1.33 bits per heavy atom. The van der Waals surface area contributed by atoms with E-state index in [0.29, 0.717) is 18.8 Å². The summed E-state index contributed by atoms with van der Waals surface area (Å²) in [6.07, 6.45) is 19.8. The van der Waals surface area contributed by atoms with Crippen molar-refractivity contribution in [2.45, 2.75) is 308 Å². The molecule has 0 unspecified atom stereocenters. The highest BCUT2D eigenvalue weighted by Crippen LogP contribution is 2.34. The second-order valence-electron chi connectivity index (χ2n) is 21.6. The number of hydrogen-bond donors (Lipinski definition) is 6. The lowest BCUT2D eigenvalue weighted by atomic mass is 9.87. The fourth-order valence-corrected chi connectivity index (χ4v) is 10.8. The van der Waals surface area contributed by atoms with E-state index in [1.807, 2.05) is 0 Å². The van der Waals surface area contributed by atoms with Gasteiger partial charge >= 0.3 is 22.3 Å². The Morgan fingerprint density at radius 1 is 0.500 bits per heavy atom. The van der Waals surface area contributed by atoms with Gasteiger partial charge in [0.1, 0.15) is 30.5 Å². The SMILES string of the molecule is CCCCCCCCCCCCCCCCCC[C@H](C)C[C@H](C)C[C@H](C)C(=O)O[C@H]1[C@H](O)[C@@H](CO)O[C@H](O[C@H]2O[C@H](CO)[C@@H](O)[C@H](O)[C@H]2OS(=O)(=O)O)[C@@H]1OC(=O)CCCCCCCCCCCCCCC. The molecule has 6 N–H and O–H groups in total. The fraction of sp³-hybridized carbons (Fsp3) is 0.964. The van der Waals surface area contributed by atoms with E-state index < -0.39 is 103 Å². The van der Waals surface area contributed by atoms with Crippen LogP contribution in [0.15, 0.2) is 0 Å². The molecule has 0 radical (unpaired) electrons. The predicted molar refractivity (Wildman–Crippen MR) is 278 cm³/mol. The van der Waals surface area contributed by atoms with Crippen LogP contribution in [0.5, 0.6) is 0 Å². The van der Waals surface area contributed by atoms with Gasteiger partial charge in [-0.2, -0.15) is 8.42 Å². The zero-order chi connectivity index (χ0) is 53.2. The zero-order valence-electron chi connectivity index (χ0n) is 45.4. The summed E-state index contributed by atoms with van der Waals surface area (Å²) in [4.78, 5) is 27.4. The molecule has 426 valence electrons. The summed E-state index contributed by atoms with van der Waals surface area (Å²) in [6, 6.07) is 0. The van der Waals surface area contributed by atoms with Crippen molar-refractivity contribution in [2.24, 2.45) is 17.8 Å². The van der Waals surface area contributed by atoms with Crippen LogP contribution >= 0.6 is 0 Å². The number of unbranched alkanes of at least 4 members (excludes halogenated alkanes) is 27. The Bertz CT molecular complexity index is 1470. The molecule has 72 heavy (non-hydrogen) atoms. The normalized spacial score (nSPS) is 26.0. The maximum absolute atomic E-state index is 13.9. The number of carbonyl (C=O) groups excluding carboxylic acids is 2. The summed E-state index contributed by atoms with van der Waals surface area (Å²) in [6.45, 7) is 8.82. The second kappa shape index (κ2) is 39.8. The number of esters is 2. The first-order valence-corrected chi connectivity index (χ1v) is 30.2. The molecule has 13 atom stereocenters. The zero-order valence-corrected chi connectivity index (χ0v) is 46.2. The molecule has 0 aromatic carbocycles. The highest BCUT2D eigenvalue weighted by Gasteiger charge is 2.54. The van der Waals surface area contributed by atoms with E-state index in [9.17, 15) is 48.1 Å². The minimum atomic E-state index is -5.30. The van der Waals surface area contributed by atoms with Crippen molar-refractivity contribution in [3.63, 3.8) is 0 Å². The number of rotatable bonds is 44. The van der Waals surface area contributed by atoms with Crippen molar-refractivity contribution in [3.8, 4) is 0 Å². The fourth-order valence-electron chi connectivity index (χ4n) is 10.3. The van der Waals surface area contributed by atoms with Gasteiger partial charge in [0.05, 0.1) is 19.1 Å². The highest BCUT2D eigenvalue weighted by atomic mass is 32.3. The Balaban J connectivity index is 2.00. The van der Waals surface area contributed by atoms with Crippen molar-refractivity contribution < 1.29 is 76.0 Å². The van der Waals surface area contributed by atoms with E-state index in [-0.39, 0.29) is 12.3 Å². The molecule has 2 fully saturated rings. The van der Waals surface area contributed by atoms with E-state index in [2.05, 4.69) is 31.9 Å². The molecule has 2 aliphatic rings. The standard InChI is InChI=1S/C55H104O16S/c1-6-8-10-12-14-16-18-20-21-22-24-25-27-29-31-33-35-41(3)37-42(4)38-43(5)53(62)69-50-48(60)45(40-57)67-55(70-54-51(71-72(63,64)65)49(61)47(59)44(39-56)66-54)52(50)68-46(58)36-34-32-30-28-26-23-19-17-15-13-11-9-7-2/h41-45,47-52,54-57,59-61H,6-40H2,1-5H3,(H,63,64,65)/t41-,42-,43-,44+,45+,47+,48+,49-,50-,51+,52+,54+,55+/m0/s1. The molecule has 0 aromatic rings. The van der Waals surface area contributed by atoms with Gasteiger partial charge in [-0.25, -0.2) is 4.18 Å². The van der Waals surface area contributed by atoms with Gasteiger partial charge in [0.15, 0.2) is 24.6 Å². The van der Waals surface area contributed by atoms with E-state index in [4.69, 9.17) is 23.7 Å². The van der Waals surface area contributed by atoms with E-state index in [1.165, 1.54) is 148 Å². The third-order valence-electron chi connectivity index (χ3n) is 14.6. The summed E-state index contributed by atoms with van der Waals surface area (Å²) in [5, 5.41) is 52.9. The molecule has 2 rings (SSSR count). The summed E-state index contributed by atoms with van der Waals surface area (Å²) in [7, 11) is -5.30. The average Bonchev–Trinajstić information content (AvgIpc) is 3.33. The van der Waals surface area contributed by atoms with Crippen LogP contribution in [-0.4, -0.2) is 125 Å². The molecule has 0 bridgehead atoms. The van der Waals surface area contributed by atoms with Gasteiger partial charge < -0.3 is 49.2 Å². The molecular formula is C55H104O16S. The molecule has 2 heterocycles. The van der Waals surface area contributed by atoms with Gasteiger partial charge in [-0.05, 0) is 31.1 Å². The number of carbonyl (C=O) groups is 2. The maximum Gasteiger partial charge on any atom is 0.397 e. The molecule has 0 spiro atoms. The minimum Gasteiger partial charge on any atom is -0.455 e. The van der Waals surface area contributed by atoms with E-state index in [1.54, 1.807) is 6.92 Å². The lowest BCUT2D eigenvalue weighted by molar-refractivity contribution is -0.374. The van der Waals surface area contributed by atoms with Crippen LogP contribution in [0, 0.1) is 17.8 Å². The number of aliphatic hydroxyl groups is 5. The topological polar surface area (TPSA) is 245 Å². The number of hydrogen-bond acceptors (Lipinski definition) is 15. The Labute approximate surface area is 435 Å². The van der Waals surface area contributed by atoms with Crippen LogP contribution in [-0.2, 0) is 47.9 Å². The lowest BCUT2D eigenvalue weighted by Gasteiger charge is -2.46. The van der Waals surface area contributed by atoms with Crippen molar-refractivity contribution in [1.82, 2.24) is 0 Å². The lowest BCUT2D eigenvalue weighted by Crippen LogP contribution is -2.65. The average molecular weight is 1050 g/mol. The largest absolute Gasteiger partial charge is 0.455 e. The van der Waals surface area contributed by atoms with Gasteiger partial charge in [-0.3, -0.25) is 14.1 Å². The molecule has 16 nitrogen and oxygen atoms in total. The van der Waals surface area contributed by atoms with Crippen molar-refractivity contribution in [2.75, 3.05) is 13.2 Å². The Morgan fingerprint density at radius 2 is 0.903 bits per heavy atom. The molecule has 0 aromatic heterocycles. The molecule has 2 aliphatic heterocycles. The third kappa shape index (κ3) is 28.6. The van der Waals surface area contributed by atoms with Crippen LogP contribution < -0.4 is 0 Å².